The van der Waals surface area contributed by atoms with Crippen LogP contribution in [0.4, 0.5) is 11.6 Å². The first-order valence-corrected chi connectivity index (χ1v) is 9.68. The average Bonchev–Trinajstić information content (AvgIpc) is 3.30. The average molecular weight is 382 g/mol. The Morgan fingerprint density at radius 2 is 1.72 bits per heavy atom. The van der Waals surface area contributed by atoms with Crippen LogP contribution in [0.2, 0.25) is 0 Å². The number of rotatable bonds is 2. The topological polar surface area (TPSA) is 71.7 Å². The molecule has 1 aliphatic rings. The molecule has 0 amide bonds. The van der Waals surface area contributed by atoms with Gasteiger partial charge in [0.25, 0.3) is 0 Å². The van der Waals surface area contributed by atoms with Crippen LogP contribution in [0.1, 0.15) is 6.42 Å². The fraction of sp³-hybridized carbons (Fsp3) is 0.136. The van der Waals surface area contributed by atoms with Gasteiger partial charge in [0.15, 0.2) is 5.65 Å². The van der Waals surface area contributed by atoms with E-state index in [1.54, 1.807) is 10.8 Å². The number of benzene rings is 2. The lowest BCUT2D eigenvalue weighted by molar-refractivity contribution is 0.604. The van der Waals surface area contributed by atoms with Crippen molar-refractivity contribution in [1.82, 2.24) is 24.1 Å². The zero-order chi connectivity index (χ0) is 19.4. The van der Waals surface area contributed by atoms with Gasteiger partial charge in [0, 0.05) is 25.0 Å². The van der Waals surface area contributed by atoms with Crippen molar-refractivity contribution in [2.75, 3.05) is 11.4 Å². The molecule has 0 spiro atoms. The SMILES string of the molecule is O=c1[nH]c2cccnc2n1-c1ccc(N2CCCn3c2nc2ccccc23)cc1. The fourth-order valence-corrected chi connectivity index (χ4v) is 4.18. The number of pyridine rings is 1. The van der Waals surface area contributed by atoms with Crippen LogP contribution in [0.25, 0.3) is 27.9 Å². The summed E-state index contributed by atoms with van der Waals surface area (Å²) in [5.41, 5.74) is 5.20. The van der Waals surface area contributed by atoms with Crippen LogP contribution in [0.3, 0.4) is 0 Å². The van der Waals surface area contributed by atoms with Crippen LogP contribution in [-0.4, -0.2) is 30.6 Å². The first-order chi connectivity index (χ1) is 14.3. The molecule has 6 rings (SSSR count). The molecule has 29 heavy (non-hydrogen) atoms. The number of para-hydroxylation sites is 2. The summed E-state index contributed by atoms with van der Waals surface area (Å²) in [5, 5.41) is 0. The van der Waals surface area contributed by atoms with E-state index in [0.717, 1.165) is 47.9 Å². The maximum Gasteiger partial charge on any atom is 0.332 e. The van der Waals surface area contributed by atoms with Gasteiger partial charge in [-0.2, -0.15) is 0 Å². The van der Waals surface area contributed by atoms with E-state index in [4.69, 9.17) is 4.98 Å². The molecule has 0 unspecified atom stereocenters. The van der Waals surface area contributed by atoms with Crippen molar-refractivity contribution in [2.45, 2.75) is 13.0 Å². The van der Waals surface area contributed by atoms with Gasteiger partial charge < -0.3 is 14.5 Å². The van der Waals surface area contributed by atoms with Gasteiger partial charge in [-0.05, 0) is 55.0 Å². The molecule has 5 aromatic rings. The van der Waals surface area contributed by atoms with Crippen LogP contribution < -0.4 is 10.6 Å². The smallest absolute Gasteiger partial charge is 0.312 e. The Kier molecular flexibility index (Phi) is 3.37. The van der Waals surface area contributed by atoms with Gasteiger partial charge in [0.1, 0.15) is 0 Å². The largest absolute Gasteiger partial charge is 0.332 e. The van der Waals surface area contributed by atoms with Crippen molar-refractivity contribution < 1.29 is 0 Å². The number of aromatic nitrogens is 5. The highest BCUT2D eigenvalue weighted by atomic mass is 16.1. The standard InChI is InChI=1S/C22H18N6O/c29-22-25-18-6-3-12-23-20(18)28(22)16-10-8-15(9-11-16)26-13-4-14-27-19-7-2-1-5-17(19)24-21(26)27/h1-3,5-12H,4,13-14H2,(H,25,29). The van der Waals surface area contributed by atoms with Gasteiger partial charge in [-0.25, -0.2) is 19.3 Å². The number of hydrogen-bond acceptors (Lipinski definition) is 4. The van der Waals surface area contributed by atoms with Gasteiger partial charge in [-0.3, -0.25) is 0 Å². The van der Waals surface area contributed by atoms with E-state index in [-0.39, 0.29) is 5.69 Å². The van der Waals surface area contributed by atoms with Crippen molar-refractivity contribution in [2.24, 2.45) is 0 Å². The molecule has 0 radical (unpaired) electrons. The number of fused-ring (bicyclic) bond motifs is 4. The minimum absolute atomic E-state index is 0.189. The van der Waals surface area contributed by atoms with Gasteiger partial charge in [0.2, 0.25) is 5.95 Å². The molecule has 142 valence electrons. The Hall–Kier alpha value is -3.87. The van der Waals surface area contributed by atoms with Crippen LogP contribution in [0.5, 0.6) is 0 Å². The number of nitrogens with zero attached hydrogens (tertiary/aromatic N) is 5. The Labute approximate surface area is 165 Å². The molecule has 0 atom stereocenters. The predicted molar refractivity (Wildman–Crippen MR) is 113 cm³/mol. The van der Waals surface area contributed by atoms with Gasteiger partial charge in [-0.15, -0.1) is 0 Å². The summed E-state index contributed by atoms with van der Waals surface area (Å²) in [6, 6.07) is 19.9. The summed E-state index contributed by atoms with van der Waals surface area (Å²) in [4.78, 5) is 26.7. The summed E-state index contributed by atoms with van der Waals surface area (Å²) < 4.78 is 3.88. The first-order valence-electron chi connectivity index (χ1n) is 9.68. The fourth-order valence-electron chi connectivity index (χ4n) is 4.18. The minimum Gasteiger partial charge on any atom is -0.312 e. The Bertz CT molecular complexity index is 1410. The van der Waals surface area contributed by atoms with Crippen LogP contribution >= 0.6 is 0 Å². The van der Waals surface area contributed by atoms with Crippen molar-refractivity contribution in [3.05, 3.63) is 77.3 Å². The number of imidazole rings is 2. The number of hydrogen-bond donors (Lipinski definition) is 1. The van der Waals surface area contributed by atoms with E-state index in [9.17, 15) is 4.79 Å². The normalized spacial score (nSPS) is 13.9. The summed E-state index contributed by atoms with van der Waals surface area (Å²) in [6.45, 7) is 1.89. The molecule has 0 bridgehead atoms. The molecule has 1 aliphatic heterocycles. The molecule has 0 saturated carbocycles. The lowest BCUT2D eigenvalue weighted by atomic mass is 10.2. The van der Waals surface area contributed by atoms with Crippen molar-refractivity contribution in [1.29, 1.82) is 0 Å². The highest BCUT2D eigenvalue weighted by Gasteiger charge is 2.22. The lowest BCUT2D eigenvalue weighted by Gasteiger charge is -2.29. The second-order valence-corrected chi connectivity index (χ2v) is 7.21. The number of aromatic amines is 1. The van der Waals surface area contributed by atoms with Crippen molar-refractivity contribution in [3.63, 3.8) is 0 Å². The van der Waals surface area contributed by atoms with Crippen LogP contribution in [-0.2, 0) is 6.54 Å². The van der Waals surface area contributed by atoms with Crippen LogP contribution in [0.15, 0.2) is 71.7 Å². The Morgan fingerprint density at radius 1 is 0.897 bits per heavy atom. The first kappa shape index (κ1) is 16.1. The highest BCUT2D eigenvalue weighted by Crippen LogP contribution is 2.32. The van der Waals surface area contributed by atoms with Crippen molar-refractivity contribution >= 4 is 33.8 Å². The molecular formula is C22H18N6O. The van der Waals surface area contributed by atoms with Gasteiger partial charge in [-0.1, -0.05) is 12.1 Å². The molecule has 7 nitrogen and oxygen atoms in total. The van der Waals surface area contributed by atoms with E-state index in [0.29, 0.717) is 5.65 Å². The quantitative estimate of drug-likeness (QED) is 0.506. The summed E-state index contributed by atoms with van der Waals surface area (Å²) in [5.74, 6) is 0.969. The second kappa shape index (κ2) is 6.07. The number of aryl methyl sites for hydroxylation is 1. The Morgan fingerprint density at radius 3 is 2.62 bits per heavy atom. The summed E-state index contributed by atoms with van der Waals surface area (Å²) >= 11 is 0. The molecule has 0 fully saturated rings. The van der Waals surface area contributed by atoms with E-state index >= 15 is 0 Å². The van der Waals surface area contributed by atoms with E-state index in [2.05, 4.69) is 37.6 Å². The number of nitrogens with one attached hydrogen (secondary N) is 1. The molecule has 1 N–H and O–H groups in total. The monoisotopic (exact) mass is 382 g/mol. The third kappa shape index (κ3) is 2.40. The highest BCUT2D eigenvalue weighted by molar-refractivity contribution is 5.80. The molecule has 2 aromatic carbocycles. The van der Waals surface area contributed by atoms with E-state index in [1.807, 2.05) is 42.5 Å². The molecule has 0 saturated heterocycles. The molecule has 3 aromatic heterocycles. The maximum atomic E-state index is 12.4. The molecule has 7 heteroatoms. The number of H-pyrrole nitrogens is 1. The van der Waals surface area contributed by atoms with E-state index < -0.39 is 0 Å². The minimum atomic E-state index is -0.189. The molecule has 4 heterocycles. The van der Waals surface area contributed by atoms with Crippen molar-refractivity contribution in [3.8, 4) is 5.69 Å². The Balaban J connectivity index is 1.43. The molecule has 0 aliphatic carbocycles. The summed E-state index contributed by atoms with van der Waals surface area (Å²) in [6.07, 6.45) is 2.75. The second-order valence-electron chi connectivity index (χ2n) is 7.21. The van der Waals surface area contributed by atoms with Gasteiger partial charge in [0.05, 0.1) is 22.2 Å². The third-order valence-electron chi connectivity index (χ3n) is 5.50. The maximum absolute atomic E-state index is 12.4. The zero-order valence-corrected chi connectivity index (χ0v) is 15.6. The molecular weight excluding hydrogens is 364 g/mol. The lowest BCUT2D eigenvalue weighted by Crippen LogP contribution is -2.28. The zero-order valence-electron chi connectivity index (χ0n) is 15.6. The third-order valence-corrected chi connectivity index (χ3v) is 5.50. The predicted octanol–water partition coefficient (Wildman–Crippen LogP) is 3.61. The summed E-state index contributed by atoms with van der Waals surface area (Å²) in [7, 11) is 0. The van der Waals surface area contributed by atoms with Gasteiger partial charge >= 0.3 is 5.69 Å². The number of anilines is 2. The van der Waals surface area contributed by atoms with E-state index in [1.165, 1.54) is 5.52 Å². The van der Waals surface area contributed by atoms with Crippen LogP contribution in [0, 0.1) is 0 Å².